The number of piperidine rings is 1. The second-order valence-electron chi connectivity index (χ2n) is 5.12. The van der Waals surface area contributed by atoms with Crippen LogP contribution < -0.4 is 5.32 Å². The van der Waals surface area contributed by atoms with Gasteiger partial charge in [-0.1, -0.05) is 0 Å². The predicted octanol–water partition coefficient (Wildman–Crippen LogP) is 1.19. The van der Waals surface area contributed by atoms with Crippen molar-refractivity contribution in [1.82, 2.24) is 15.1 Å². The minimum absolute atomic E-state index is 0.0103. The van der Waals surface area contributed by atoms with Crippen LogP contribution in [-0.4, -0.2) is 54.5 Å². The van der Waals surface area contributed by atoms with E-state index in [0.29, 0.717) is 13.0 Å². The van der Waals surface area contributed by atoms with Crippen LogP contribution in [0.1, 0.15) is 38.5 Å². The van der Waals surface area contributed by atoms with Gasteiger partial charge in [-0.05, 0) is 32.1 Å². The highest BCUT2D eigenvalue weighted by atomic mass is 16.2. The number of rotatable bonds is 3. The fraction of sp³-hybridized carbons (Fsp3) is 0.846. The van der Waals surface area contributed by atoms with Gasteiger partial charge in [0.05, 0.1) is 0 Å². The van der Waals surface area contributed by atoms with Crippen molar-refractivity contribution in [3.05, 3.63) is 0 Å². The van der Waals surface area contributed by atoms with E-state index < -0.39 is 0 Å². The lowest BCUT2D eigenvalue weighted by Gasteiger charge is -2.26. The molecule has 0 bridgehead atoms. The standard InChI is InChI=1S/C13H23N3O2/c17-12(15-8-4-5-9-15)6-7-14-13(18)16-10-2-1-3-11-16/h1-11H2,(H,14,18). The lowest BCUT2D eigenvalue weighted by molar-refractivity contribution is -0.129. The number of amides is 3. The molecule has 1 N–H and O–H groups in total. The number of hydrogen-bond acceptors (Lipinski definition) is 2. The topological polar surface area (TPSA) is 52.7 Å². The maximum absolute atomic E-state index is 11.8. The lowest BCUT2D eigenvalue weighted by Crippen LogP contribution is -2.43. The largest absolute Gasteiger partial charge is 0.343 e. The predicted molar refractivity (Wildman–Crippen MR) is 69.3 cm³/mol. The van der Waals surface area contributed by atoms with Crippen molar-refractivity contribution in [3.8, 4) is 0 Å². The van der Waals surface area contributed by atoms with Crippen molar-refractivity contribution >= 4 is 11.9 Å². The molecule has 102 valence electrons. The third kappa shape index (κ3) is 3.62. The summed E-state index contributed by atoms with van der Waals surface area (Å²) in [5.74, 6) is 0.173. The Kier molecular flexibility index (Phi) is 4.84. The van der Waals surface area contributed by atoms with E-state index in [1.54, 1.807) is 0 Å². The number of urea groups is 1. The van der Waals surface area contributed by atoms with E-state index in [-0.39, 0.29) is 11.9 Å². The minimum atomic E-state index is -0.0103. The van der Waals surface area contributed by atoms with E-state index in [9.17, 15) is 9.59 Å². The Morgan fingerprint density at radius 2 is 1.39 bits per heavy atom. The molecule has 0 unspecified atom stereocenters. The molecule has 3 amide bonds. The highest BCUT2D eigenvalue weighted by Gasteiger charge is 2.19. The Morgan fingerprint density at radius 1 is 0.833 bits per heavy atom. The monoisotopic (exact) mass is 253 g/mol. The summed E-state index contributed by atoms with van der Waals surface area (Å²) in [6.45, 7) is 3.94. The minimum Gasteiger partial charge on any atom is -0.343 e. The van der Waals surface area contributed by atoms with Gasteiger partial charge in [-0.15, -0.1) is 0 Å². The number of hydrogen-bond donors (Lipinski definition) is 1. The van der Waals surface area contributed by atoms with Crippen molar-refractivity contribution in [2.45, 2.75) is 38.5 Å². The summed E-state index contributed by atoms with van der Waals surface area (Å²) in [5.41, 5.74) is 0. The van der Waals surface area contributed by atoms with Gasteiger partial charge < -0.3 is 15.1 Å². The van der Waals surface area contributed by atoms with Crippen LogP contribution in [0.2, 0.25) is 0 Å². The molecular weight excluding hydrogens is 230 g/mol. The van der Waals surface area contributed by atoms with Crippen LogP contribution >= 0.6 is 0 Å². The summed E-state index contributed by atoms with van der Waals surface area (Å²) in [7, 11) is 0. The van der Waals surface area contributed by atoms with Crippen LogP contribution in [0.4, 0.5) is 4.79 Å². The van der Waals surface area contributed by atoms with Crippen LogP contribution in [0, 0.1) is 0 Å². The smallest absolute Gasteiger partial charge is 0.317 e. The van der Waals surface area contributed by atoms with Crippen LogP contribution in [0.3, 0.4) is 0 Å². The number of carbonyl (C=O) groups excluding carboxylic acids is 2. The zero-order valence-corrected chi connectivity index (χ0v) is 11.0. The number of nitrogens with one attached hydrogen (secondary N) is 1. The summed E-state index contributed by atoms with van der Waals surface area (Å²) in [4.78, 5) is 27.3. The van der Waals surface area contributed by atoms with Gasteiger partial charge >= 0.3 is 6.03 Å². The molecule has 0 aromatic heterocycles. The highest BCUT2D eigenvalue weighted by molar-refractivity contribution is 5.78. The van der Waals surface area contributed by atoms with Gasteiger partial charge in [-0.25, -0.2) is 4.79 Å². The lowest BCUT2D eigenvalue weighted by atomic mass is 10.1. The molecule has 2 saturated heterocycles. The SMILES string of the molecule is O=C(CCNC(=O)N1CCCCC1)N1CCCC1. The first-order valence-corrected chi connectivity index (χ1v) is 7.08. The number of nitrogens with zero attached hydrogens (tertiary/aromatic N) is 2. The molecule has 0 saturated carbocycles. The third-order valence-electron chi connectivity index (χ3n) is 3.72. The molecule has 0 aliphatic carbocycles. The van der Waals surface area contributed by atoms with E-state index in [1.165, 1.54) is 6.42 Å². The normalized spacial score (nSPS) is 20.0. The maximum atomic E-state index is 11.8. The molecule has 18 heavy (non-hydrogen) atoms. The van der Waals surface area contributed by atoms with E-state index in [4.69, 9.17) is 0 Å². The summed E-state index contributed by atoms with van der Waals surface area (Å²) >= 11 is 0. The summed E-state index contributed by atoms with van der Waals surface area (Å²) < 4.78 is 0. The Labute approximate surface area is 108 Å². The molecule has 0 aromatic carbocycles. The number of carbonyl (C=O) groups is 2. The average molecular weight is 253 g/mol. The summed E-state index contributed by atoms with van der Waals surface area (Å²) in [6.07, 6.45) is 6.08. The van der Waals surface area contributed by atoms with E-state index in [1.807, 2.05) is 9.80 Å². The molecule has 5 nitrogen and oxygen atoms in total. The molecule has 2 aliphatic heterocycles. The van der Waals surface area contributed by atoms with Gasteiger partial charge in [0.15, 0.2) is 0 Å². The van der Waals surface area contributed by atoms with Crippen LogP contribution in [-0.2, 0) is 4.79 Å². The molecule has 0 radical (unpaired) electrons. The summed E-state index contributed by atoms with van der Waals surface area (Å²) in [6, 6.07) is -0.0103. The van der Waals surface area contributed by atoms with Crippen molar-refractivity contribution in [2.75, 3.05) is 32.7 Å². The quantitative estimate of drug-likeness (QED) is 0.821. The van der Waals surface area contributed by atoms with E-state index in [0.717, 1.165) is 51.9 Å². The van der Waals surface area contributed by atoms with Gasteiger partial charge in [-0.3, -0.25) is 4.79 Å². The van der Waals surface area contributed by atoms with Gasteiger partial charge in [0.1, 0.15) is 0 Å². The van der Waals surface area contributed by atoms with Crippen molar-refractivity contribution in [1.29, 1.82) is 0 Å². The van der Waals surface area contributed by atoms with Crippen molar-refractivity contribution < 1.29 is 9.59 Å². The summed E-state index contributed by atoms with van der Waals surface area (Å²) in [5, 5.41) is 2.85. The molecule has 0 spiro atoms. The fourth-order valence-corrected chi connectivity index (χ4v) is 2.61. The Bertz CT molecular complexity index is 295. The van der Waals surface area contributed by atoms with Gasteiger partial charge in [0, 0.05) is 39.1 Å². The van der Waals surface area contributed by atoms with Crippen LogP contribution in [0.15, 0.2) is 0 Å². The molecule has 2 fully saturated rings. The maximum Gasteiger partial charge on any atom is 0.317 e. The molecule has 2 rings (SSSR count). The first kappa shape index (κ1) is 13.2. The molecule has 0 aromatic rings. The van der Waals surface area contributed by atoms with Gasteiger partial charge in [-0.2, -0.15) is 0 Å². The van der Waals surface area contributed by atoms with Gasteiger partial charge in [0.25, 0.3) is 0 Å². The molecule has 0 atom stereocenters. The van der Waals surface area contributed by atoms with E-state index in [2.05, 4.69) is 5.32 Å². The first-order valence-electron chi connectivity index (χ1n) is 7.08. The van der Waals surface area contributed by atoms with Crippen LogP contribution in [0.5, 0.6) is 0 Å². The third-order valence-corrected chi connectivity index (χ3v) is 3.72. The van der Waals surface area contributed by atoms with Crippen LogP contribution in [0.25, 0.3) is 0 Å². The fourth-order valence-electron chi connectivity index (χ4n) is 2.61. The molecule has 2 heterocycles. The Balaban J connectivity index is 1.62. The molecule has 5 heteroatoms. The van der Waals surface area contributed by atoms with Gasteiger partial charge in [0.2, 0.25) is 5.91 Å². The zero-order chi connectivity index (χ0) is 12.8. The average Bonchev–Trinajstić information content (AvgIpc) is 2.93. The Morgan fingerprint density at radius 3 is 2.06 bits per heavy atom. The second kappa shape index (κ2) is 6.61. The zero-order valence-electron chi connectivity index (χ0n) is 11.0. The first-order chi connectivity index (χ1) is 8.77. The second-order valence-corrected chi connectivity index (χ2v) is 5.12. The van der Waals surface area contributed by atoms with E-state index >= 15 is 0 Å². The van der Waals surface area contributed by atoms with Crippen molar-refractivity contribution in [3.63, 3.8) is 0 Å². The molecular formula is C13H23N3O2. The van der Waals surface area contributed by atoms with Crippen molar-refractivity contribution in [2.24, 2.45) is 0 Å². The molecule has 2 aliphatic rings. The number of likely N-dealkylation sites (tertiary alicyclic amines) is 2. The Hall–Kier alpha value is -1.26. The highest BCUT2D eigenvalue weighted by Crippen LogP contribution is 2.09.